The average molecular weight is 263 g/mol. The van der Waals surface area contributed by atoms with Crippen LogP contribution in [0.5, 0.6) is 0 Å². The second kappa shape index (κ2) is 4.65. The van der Waals surface area contributed by atoms with Gasteiger partial charge in [0.15, 0.2) is 0 Å². The van der Waals surface area contributed by atoms with E-state index in [4.69, 9.17) is 21.5 Å². The molecule has 0 bridgehead atoms. The number of rotatable bonds is 2. The molecule has 96 valence electrons. The second-order valence-electron chi connectivity index (χ2n) is 5.47. The lowest BCUT2D eigenvalue weighted by Gasteiger charge is -2.32. The highest BCUT2D eigenvalue weighted by atomic mass is 32.1. The highest BCUT2D eigenvalue weighted by molar-refractivity contribution is 7.71. The van der Waals surface area contributed by atoms with Crippen molar-refractivity contribution in [1.82, 2.24) is 4.98 Å². The van der Waals surface area contributed by atoms with Gasteiger partial charge in [-0.2, -0.15) is 0 Å². The summed E-state index contributed by atoms with van der Waals surface area (Å²) in [4.78, 5) is 2.99. The highest BCUT2D eigenvalue weighted by Gasteiger charge is 2.49. The van der Waals surface area contributed by atoms with Crippen molar-refractivity contribution in [1.29, 1.82) is 0 Å². The van der Waals surface area contributed by atoms with Gasteiger partial charge in [0, 0.05) is 6.20 Å². The first kappa shape index (κ1) is 13.5. The standard InChI is InChI=1S/C13H18BNO2S/c1-12(2)13(3,4)17-14(16-12)8-7-10-5-6-11(18)15-9-10/h5-9H,1-4H3,(H,15,18)/b8-7+. The van der Waals surface area contributed by atoms with E-state index in [-0.39, 0.29) is 18.3 Å². The number of hydrogen-bond donors (Lipinski definition) is 1. The molecule has 2 rings (SSSR count). The SMILES string of the molecule is CC1(C)OB(/C=C/c2ccc(=S)[nH]c2)OC1(C)C. The van der Waals surface area contributed by atoms with Crippen LogP contribution in [0.3, 0.4) is 0 Å². The van der Waals surface area contributed by atoms with Gasteiger partial charge < -0.3 is 14.3 Å². The fraction of sp³-hybridized carbons (Fsp3) is 0.462. The molecular formula is C13H18BNO2S. The molecule has 1 N–H and O–H groups in total. The Morgan fingerprint density at radius 3 is 2.28 bits per heavy atom. The zero-order valence-corrected chi connectivity index (χ0v) is 12.0. The van der Waals surface area contributed by atoms with Gasteiger partial charge in [-0.05, 0) is 39.3 Å². The maximum atomic E-state index is 5.87. The largest absolute Gasteiger partial charge is 0.487 e. The van der Waals surface area contributed by atoms with Gasteiger partial charge in [0.25, 0.3) is 0 Å². The van der Waals surface area contributed by atoms with E-state index in [0.717, 1.165) is 10.2 Å². The molecule has 2 heterocycles. The van der Waals surface area contributed by atoms with Crippen molar-refractivity contribution in [2.75, 3.05) is 0 Å². The van der Waals surface area contributed by atoms with E-state index in [1.54, 1.807) is 0 Å². The van der Waals surface area contributed by atoms with Crippen LogP contribution in [0.2, 0.25) is 0 Å². The molecule has 0 atom stereocenters. The van der Waals surface area contributed by atoms with Crippen molar-refractivity contribution in [2.24, 2.45) is 0 Å². The van der Waals surface area contributed by atoms with Crippen LogP contribution in [0.25, 0.3) is 6.08 Å². The molecule has 0 aromatic carbocycles. The minimum Gasteiger partial charge on any atom is -0.400 e. The summed E-state index contributed by atoms with van der Waals surface area (Å²) in [5.74, 6) is 1.92. The molecule has 0 spiro atoms. The van der Waals surface area contributed by atoms with E-state index >= 15 is 0 Å². The summed E-state index contributed by atoms with van der Waals surface area (Å²) in [6, 6.07) is 3.82. The molecule has 1 aromatic heterocycles. The van der Waals surface area contributed by atoms with Crippen LogP contribution in [0.1, 0.15) is 33.3 Å². The van der Waals surface area contributed by atoms with Crippen LogP contribution in [0.15, 0.2) is 24.3 Å². The van der Waals surface area contributed by atoms with Crippen molar-refractivity contribution >= 4 is 25.4 Å². The number of H-pyrrole nitrogens is 1. The van der Waals surface area contributed by atoms with Gasteiger partial charge in [0.1, 0.15) is 4.64 Å². The van der Waals surface area contributed by atoms with Gasteiger partial charge in [-0.15, -0.1) is 0 Å². The van der Waals surface area contributed by atoms with Gasteiger partial charge in [0.05, 0.1) is 11.2 Å². The summed E-state index contributed by atoms with van der Waals surface area (Å²) in [5.41, 5.74) is 0.454. The summed E-state index contributed by atoms with van der Waals surface area (Å²) in [5, 5.41) is 0. The number of pyridine rings is 1. The molecule has 1 aromatic rings. The monoisotopic (exact) mass is 263 g/mol. The van der Waals surface area contributed by atoms with Crippen molar-refractivity contribution in [3.63, 3.8) is 0 Å². The number of aromatic amines is 1. The Hall–Kier alpha value is -0.905. The first-order valence-corrected chi connectivity index (χ1v) is 6.44. The predicted octanol–water partition coefficient (Wildman–Crippen LogP) is 3.39. The van der Waals surface area contributed by atoms with Crippen LogP contribution in [-0.2, 0) is 9.31 Å². The quantitative estimate of drug-likeness (QED) is 0.656. The number of aromatic nitrogens is 1. The van der Waals surface area contributed by atoms with Gasteiger partial charge in [-0.3, -0.25) is 0 Å². The maximum absolute atomic E-state index is 5.87. The van der Waals surface area contributed by atoms with Crippen molar-refractivity contribution in [3.8, 4) is 0 Å². The molecule has 5 heteroatoms. The third kappa shape index (κ3) is 2.74. The first-order valence-electron chi connectivity index (χ1n) is 6.03. The molecule has 3 nitrogen and oxygen atoms in total. The van der Waals surface area contributed by atoms with Crippen molar-refractivity contribution in [3.05, 3.63) is 34.5 Å². The molecule has 0 unspecified atom stereocenters. The number of nitrogens with one attached hydrogen (secondary N) is 1. The number of hydrogen-bond acceptors (Lipinski definition) is 3. The Bertz CT molecular complexity index is 485. The third-order valence-corrected chi connectivity index (χ3v) is 3.78. The molecule has 0 aliphatic carbocycles. The summed E-state index contributed by atoms with van der Waals surface area (Å²) < 4.78 is 12.5. The van der Waals surface area contributed by atoms with Gasteiger partial charge in [-0.1, -0.05) is 30.3 Å². The smallest absolute Gasteiger partial charge is 0.400 e. The van der Waals surface area contributed by atoms with E-state index in [0.29, 0.717) is 0 Å². The molecule has 1 fully saturated rings. The van der Waals surface area contributed by atoms with Gasteiger partial charge in [-0.25, -0.2) is 0 Å². The molecule has 18 heavy (non-hydrogen) atoms. The fourth-order valence-electron chi connectivity index (χ4n) is 1.68. The highest BCUT2D eigenvalue weighted by Crippen LogP contribution is 2.36. The minimum absolute atomic E-state index is 0.293. The lowest BCUT2D eigenvalue weighted by molar-refractivity contribution is 0.00578. The summed E-state index contributed by atoms with van der Waals surface area (Å²) in [7, 11) is -0.307. The van der Waals surface area contributed by atoms with Crippen LogP contribution < -0.4 is 0 Å². The molecule has 0 radical (unpaired) electrons. The Morgan fingerprint density at radius 2 is 1.78 bits per heavy atom. The maximum Gasteiger partial charge on any atom is 0.487 e. The Kier molecular flexibility index (Phi) is 3.49. The second-order valence-corrected chi connectivity index (χ2v) is 5.91. The van der Waals surface area contributed by atoms with Gasteiger partial charge in [0.2, 0.25) is 0 Å². The summed E-state index contributed by atoms with van der Waals surface area (Å²) >= 11 is 4.99. The summed E-state index contributed by atoms with van der Waals surface area (Å²) in [6.45, 7) is 8.17. The normalized spacial score (nSPS) is 21.7. The first-order chi connectivity index (χ1) is 8.30. The van der Waals surface area contributed by atoms with Crippen molar-refractivity contribution < 1.29 is 9.31 Å². The fourth-order valence-corrected chi connectivity index (χ4v) is 1.81. The minimum atomic E-state index is -0.307. The molecule has 1 aliphatic rings. The Balaban J connectivity index is 2.08. The van der Waals surface area contributed by atoms with Crippen LogP contribution in [-0.4, -0.2) is 23.3 Å². The summed E-state index contributed by atoms with van der Waals surface area (Å²) in [6.07, 6.45) is 3.83. The van der Waals surface area contributed by atoms with Crippen molar-refractivity contribution in [2.45, 2.75) is 38.9 Å². The molecular weight excluding hydrogens is 245 g/mol. The molecule has 1 aliphatic heterocycles. The predicted molar refractivity (Wildman–Crippen MR) is 76.7 cm³/mol. The van der Waals surface area contributed by atoms with E-state index < -0.39 is 0 Å². The van der Waals surface area contributed by atoms with E-state index in [9.17, 15) is 0 Å². The van der Waals surface area contributed by atoms with Crippen LogP contribution in [0, 0.1) is 4.64 Å². The van der Waals surface area contributed by atoms with E-state index in [1.807, 2.05) is 58.1 Å². The lowest BCUT2D eigenvalue weighted by atomic mass is 9.89. The zero-order valence-electron chi connectivity index (χ0n) is 11.2. The lowest BCUT2D eigenvalue weighted by Crippen LogP contribution is -2.41. The van der Waals surface area contributed by atoms with Crippen LogP contribution in [0.4, 0.5) is 0 Å². The molecule has 0 saturated carbocycles. The topological polar surface area (TPSA) is 34.2 Å². The Labute approximate surface area is 113 Å². The van der Waals surface area contributed by atoms with E-state index in [2.05, 4.69) is 4.98 Å². The molecule has 0 amide bonds. The van der Waals surface area contributed by atoms with E-state index in [1.165, 1.54) is 0 Å². The van der Waals surface area contributed by atoms with Crippen LogP contribution >= 0.6 is 12.2 Å². The third-order valence-electron chi connectivity index (χ3n) is 3.53. The zero-order chi connectivity index (χ0) is 13.4. The Morgan fingerprint density at radius 1 is 1.17 bits per heavy atom. The molecule has 1 saturated heterocycles. The average Bonchev–Trinajstić information content (AvgIpc) is 2.47. The van der Waals surface area contributed by atoms with Gasteiger partial charge >= 0.3 is 7.12 Å².